The van der Waals surface area contributed by atoms with Gasteiger partial charge in [-0.25, -0.2) is 4.98 Å². The summed E-state index contributed by atoms with van der Waals surface area (Å²) < 4.78 is 5.24. The van der Waals surface area contributed by atoms with Crippen LogP contribution in [0.2, 0.25) is 0 Å². The van der Waals surface area contributed by atoms with Gasteiger partial charge in [-0.3, -0.25) is 4.79 Å². The van der Waals surface area contributed by atoms with Crippen molar-refractivity contribution >= 4 is 11.6 Å². The summed E-state index contributed by atoms with van der Waals surface area (Å²) in [7, 11) is 0. The normalized spacial score (nSPS) is 15.1. The first kappa shape index (κ1) is 11.0. The Kier molecular flexibility index (Phi) is 2.84. The largest absolute Gasteiger partial charge is 0.444 e. The first-order valence-electron chi connectivity index (χ1n) is 6.13. The summed E-state index contributed by atoms with van der Waals surface area (Å²) in [5.74, 6) is 1.02. The third-order valence-corrected chi connectivity index (χ3v) is 3.32. The molecule has 1 saturated carbocycles. The van der Waals surface area contributed by atoms with Crippen LogP contribution >= 0.6 is 0 Å². The summed E-state index contributed by atoms with van der Waals surface area (Å²) in [5.41, 5.74) is 1.72. The molecule has 1 aromatic carbocycles. The molecule has 0 aliphatic heterocycles. The molecule has 0 radical (unpaired) electrons. The summed E-state index contributed by atoms with van der Waals surface area (Å²) in [6.45, 7) is 0. The average Bonchev–Trinajstić information content (AvgIpc) is 2.80. The number of anilines is 1. The van der Waals surface area contributed by atoms with Gasteiger partial charge in [0.15, 0.2) is 12.2 Å². The Bertz CT molecular complexity index is 545. The van der Waals surface area contributed by atoms with E-state index in [1.54, 1.807) is 6.20 Å². The highest BCUT2D eigenvalue weighted by atomic mass is 16.3. The van der Waals surface area contributed by atoms with Crippen molar-refractivity contribution in [1.82, 2.24) is 4.98 Å². The van der Waals surface area contributed by atoms with Crippen molar-refractivity contribution in [1.29, 1.82) is 0 Å². The van der Waals surface area contributed by atoms with Crippen LogP contribution in [0.4, 0.5) is 5.69 Å². The predicted octanol–water partition coefficient (Wildman–Crippen LogP) is 3.08. The van der Waals surface area contributed by atoms with Crippen molar-refractivity contribution in [2.45, 2.75) is 19.3 Å². The number of nitrogens with one attached hydrogen (secondary N) is 1. The van der Waals surface area contributed by atoms with Crippen LogP contribution in [0.25, 0.3) is 11.3 Å². The topological polar surface area (TPSA) is 55.1 Å². The summed E-state index contributed by atoms with van der Waals surface area (Å²) >= 11 is 0. The van der Waals surface area contributed by atoms with Gasteiger partial charge in [0.25, 0.3) is 0 Å². The van der Waals surface area contributed by atoms with Crippen LogP contribution in [-0.2, 0) is 4.79 Å². The lowest BCUT2D eigenvalue weighted by atomic mass is 9.85. The van der Waals surface area contributed by atoms with Crippen molar-refractivity contribution in [3.05, 3.63) is 36.9 Å². The van der Waals surface area contributed by atoms with E-state index in [1.807, 2.05) is 24.3 Å². The molecule has 4 nitrogen and oxygen atoms in total. The van der Waals surface area contributed by atoms with E-state index < -0.39 is 0 Å². The van der Waals surface area contributed by atoms with Crippen molar-refractivity contribution in [3.8, 4) is 11.3 Å². The quantitative estimate of drug-likeness (QED) is 0.899. The van der Waals surface area contributed by atoms with Gasteiger partial charge in [-0.05, 0) is 25.0 Å². The van der Waals surface area contributed by atoms with E-state index in [0.29, 0.717) is 5.76 Å². The molecular formula is C14H14N2O2. The van der Waals surface area contributed by atoms with Crippen molar-refractivity contribution in [2.24, 2.45) is 5.92 Å². The molecule has 1 fully saturated rings. The monoisotopic (exact) mass is 242 g/mol. The van der Waals surface area contributed by atoms with Crippen LogP contribution in [0.5, 0.6) is 0 Å². The van der Waals surface area contributed by atoms with E-state index in [2.05, 4.69) is 10.3 Å². The van der Waals surface area contributed by atoms with Crippen molar-refractivity contribution < 1.29 is 9.21 Å². The van der Waals surface area contributed by atoms with Gasteiger partial charge in [0.2, 0.25) is 5.91 Å². The van der Waals surface area contributed by atoms with Gasteiger partial charge in [0.1, 0.15) is 0 Å². The molecule has 4 heteroatoms. The number of amides is 1. The molecule has 1 heterocycles. The third kappa shape index (κ3) is 2.14. The van der Waals surface area contributed by atoms with Crippen LogP contribution in [0.3, 0.4) is 0 Å². The summed E-state index contributed by atoms with van der Waals surface area (Å²) in [4.78, 5) is 15.7. The molecule has 0 unspecified atom stereocenters. The van der Waals surface area contributed by atoms with Crippen LogP contribution < -0.4 is 5.32 Å². The van der Waals surface area contributed by atoms with E-state index in [1.165, 1.54) is 6.39 Å². The fourth-order valence-corrected chi connectivity index (χ4v) is 2.02. The Balaban J connectivity index is 1.76. The molecule has 1 aromatic heterocycles. The number of rotatable bonds is 3. The van der Waals surface area contributed by atoms with Gasteiger partial charge in [-0.15, -0.1) is 0 Å². The second-order valence-corrected chi connectivity index (χ2v) is 4.56. The molecule has 0 spiro atoms. The molecule has 0 saturated heterocycles. The number of hydrogen-bond acceptors (Lipinski definition) is 3. The number of benzene rings is 1. The Morgan fingerprint density at radius 2 is 2.28 bits per heavy atom. The maximum absolute atomic E-state index is 11.8. The molecule has 18 heavy (non-hydrogen) atoms. The molecule has 0 bridgehead atoms. The lowest BCUT2D eigenvalue weighted by molar-refractivity contribution is -0.122. The molecule has 2 aromatic rings. The van der Waals surface area contributed by atoms with Crippen LogP contribution in [0.15, 0.2) is 41.3 Å². The van der Waals surface area contributed by atoms with Gasteiger partial charge < -0.3 is 9.73 Å². The van der Waals surface area contributed by atoms with Gasteiger partial charge in [0, 0.05) is 17.2 Å². The zero-order valence-corrected chi connectivity index (χ0v) is 9.93. The Labute approximate surface area is 105 Å². The molecule has 1 aliphatic rings. The smallest absolute Gasteiger partial charge is 0.227 e. The van der Waals surface area contributed by atoms with E-state index in [9.17, 15) is 4.79 Å². The highest BCUT2D eigenvalue weighted by molar-refractivity contribution is 5.93. The second-order valence-electron chi connectivity index (χ2n) is 4.56. The van der Waals surface area contributed by atoms with E-state index >= 15 is 0 Å². The van der Waals surface area contributed by atoms with Crippen molar-refractivity contribution in [3.63, 3.8) is 0 Å². The number of hydrogen-bond donors (Lipinski definition) is 1. The van der Waals surface area contributed by atoms with E-state index in [4.69, 9.17) is 4.42 Å². The zero-order valence-electron chi connectivity index (χ0n) is 9.93. The fourth-order valence-electron chi connectivity index (χ4n) is 2.02. The van der Waals surface area contributed by atoms with Crippen LogP contribution in [0.1, 0.15) is 19.3 Å². The molecule has 1 N–H and O–H groups in total. The highest BCUT2D eigenvalue weighted by Gasteiger charge is 2.25. The summed E-state index contributed by atoms with van der Waals surface area (Å²) in [5, 5.41) is 2.95. The lowest BCUT2D eigenvalue weighted by Gasteiger charge is -2.24. The lowest BCUT2D eigenvalue weighted by Crippen LogP contribution is -2.27. The molecule has 1 aliphatic carbocycles. The number of nitrogens with zero attached hydrogens (tertiary/aromatic N) is 1. The predicted molar refractivity (Wildman–Crippen MR) is 67.9 cm³/mol. The first-order valence-corrected chi connectivity index (χ1v) is 6.13. The fraction of sp³-hybridized carbons (Fsp3) is 0.286. The third-order valence-electron chi connectivity index (χ3n) is 3.32. The van der Waals surface area contributed by atoms with Crippen LogP contribution in [0, 0.1) is 5.92 Å². The Morgan fingerprint density at radius 3 is 2.94 bits per heavy atom. The van der Waals surface area contributed by atoms with Gasteiger partial charge in [0.05, 0.1) is 6.20 Å². The number of aromatic nitrogens is 1. The second kappa shape index (κ2) is 4.64. The number of carbonyl (C=O) groups excluding carboxylic acids is 1. The highest BCUT2D eigenvalue weighted by Crippen LogP contribution is 2.28. The first-order chi connectivity index (χ1) is 8.83. The Morgan fingerprint density at radius 1 is 1.39 bits per heavy atom. The standard InChI is InChI=1S/C14H14N2O2/c17-14(10-3-1-4-10)16-12-6-2-5-11(7-12)13-8-15-9-18-13/h2,5-10H,1,3-4H2,(H,16,17). The van der Waals surface area contributed by atoms with Gasteiger partial charge in [-0.1, -0.05) is 18.6 Å². The van der Waals surface area contributed by atoms with Crippen molar-refractivity contribution in [2.75, 3.05) is 5.32 Å². The zero-order chi connectivity index (χ0) is 12.4. The minimum atomic E-state index is 0.121. The maximum Gasteiger partial charge on any atom is 0.227 e. The molecule has 3 rings (SSSR count). The van der Waals surface area contributed by atoms with E-state index in [-0.39, 0.29) is 11.8 Å². The van der Waals surface area contributed by atoms with Gasteiger partial charge in [-0.2, -0.15) is 0 Å². The van der Waals surface area contributed by atoms with E-state index in [0.717, 1.165) is 30.5 Å². The maximum atomic E-state index is 11.8. The number of oxazole rings is 1. The molecule has 1 amide bonds. The number of carbonyl (C=O) groups is 1. The molecule has 92 valence electrons. The minimum absolute atomic E-state index is 0.121. The summed E-state index contributed by atoms with van der Waals surface area (Å²) in [6, 6.07) is 7.61. The molecule has 0 atom stereocenters. The Hall–Kier alpha value is -2.10. The minimum Gasteiger partial charge on any atom is -0.444 e. The molecular weight excluding hydrogens is 228 g/mol. The SMILES string of the molecule is O=C(Nc1cccc(-c2cnco2)c1)C1CCC1. The van der Waals surface area contributed by atoms with Crippen LogP contribution in [-0.4, -0.2) is 10.9 Å². The van der Waals surface area contributed by atoms with Gasteiger partial charge >= 0.3 is 0 Å². The summed E-state index contributed by atoms with van der Waals surface area (Å²) in [6.07, 6.45) is 6.24. The average molecular weight is 242 g/mol.